The van der Waals surface area contributed by atoms with Crippen molar-refractivity contribution in [2.24, 2.45) is 0 Å². The average Bonchev–Trinajstić information content (AvgIpc) is 2.58. The molecule has 0 amide bonds. The van der Waals surface area contributed by atoms with Crippen molar-refractivity contribution < 1.29 is 4.10 Å². The molecule has 1 aromatic heterocycles. The van der Waals surface area contributed by atoms with Gasteiger partial charge in [0.2, 0.25) is 8.88 Å². The van der Waals surface area contributed by atoms with Crippen molar-refractivity contribution in [1.29, 1.82) is 0 Å². The number of hydrogen-bond acceptors (Lipinski definition) is 1. The predicted molar refractivity (Wildman–Crippen MR) is 53.5 cm³/mol. The van der Waals surface area contributed by atoms with E-state index in [0.29, 0.717) is 0 Å². The van der Waals surface area contributed by atoms with E-state index in [-0.39, 0.29) is 8.88 Å². The first-order valence-corrected chi connectivity index (χ1v) is 7.81. The summed E-state index contributed by atoms with van der Waals surface area (Å²) in [4.78, 5) is 0. The van der Waals surface area contributed by atoms with Gasteiger partial charge in [-0.05, 0) is 17.8 Å². The molecule has 2 rings (SSSR count). The molecule has 0 radical (unpaired) electrons. The number of rotatable bonds is 1. The van der Waals surface area contributed by atoms with E-state index in [1.807, 2.05) is 6.26 Å². The van der Waals surface area contributed by atoms with E-state index in [1.54, 1.807) is 0 Å². The molecule has 0 aliphatic carbocycles. The van der Waals surface area contributed by atoms with Gasteiger partial charge in [0, 0.05) is 0 Å². The summed E-state index contributed by atoms with van der Waals surface area (Å²) in [6, 6.07) is 8.82. The highest BCUT2D eigenvalue weighted by atomic mass is 29.0. The van der Waals surface area contributed by atoms with Crippen molar-refractivity contribution in [2.45, 2.75) is 6.92 Å². The van der Waals surface area contributed by atoms with E-state index in [1.165, 1.54) is 10.8 Å². The smallest absolute Gasteiger partial charge is 0.203 e. The van der Waals surface area contributed by atoms with E-state index in [9.17, 15) is 0 Å². The summed E-state index contributed by atoms with van der Waals surface area (Å²) in [6.45, 7) is 2.12. The highest BCUT2D eigenvalue weighted by Crippen LogP contribution is 2.06. The van der Waals surface area contributed by atoms with Gasteiger partial charge < -0.3 is 4.10 Å². The Kier molecular flexibility index (Phi) is 2.14. The molecule has 0 saturated carbocycles. The Morgan fingerprint density at radius 2 is 2.00 bits per heavy atom. The van der Waals surface area contributed by atoms with Gasteiger partial charge in [0.25, 0.3) is 0 Å². The second-order valence-electron chi connectivity index (χ2n) is 2.88. The third-order valence-electron chi connectivity index (χ3n) is 1.91. The summed E-state index contributed by atoms with van der Waals surface area (Å²) in [5, 5.41) is 1.48. The van der Waals surface area contributed by atoms with Gasteiger partial charge in [-0.25, -0.2) is 0 Å². The lowest BCUT2D eigenvalue weighted by Crippen LogP contribution is -1.95. The van der Waals surface area contributed by atoms with Crippen LogP contribution in [-0.4, -0.2) is 16.8 Å². The van der Waals surface area contributed by atoms with Crippen molar-refractivity contribution in [2.75, 3.05) is 0 Å². The van der Waals surface area contributed by atoms with Crippen LogP contribution in [0, 0.1) is 6.92 Å². The molecule has 0 aliphatic heterocycles. The van der Waals surface area contributed by atoms with Crippen LogP contribution in [0.25, 0.3) is 5.19 Å². The SMILES string of the molecule is Cc1ccc(-[si]2cco[siH]2)cc1. The summed E-state index contributed by atoms with van der Waals surface area (Å²) < 4.78 is 5.29. The first-order chi connectivity index (χ1) is 5.86. The molecule has 0 saturated heterocycles. The van der Waals surface area contributed by atoms with Gasteiger partial charge in [-0.3, -0.25) is 0 Å². The maximum absolute atomic E-state index is 5.29. The van der Waals surface area contributed by atoms with Crippen LogP contribution in [-0.2, 0) is 0 Å². The molecule has 12 heavy (non-hydrogen) atoms. The van der Waals surface area contributed by atoms with Crippen LogP contribution in [0.2, 0.25) is 0 Å². The molecular formula is C9H10OSi2. The molecule has 60 valence electrons. The van der Waals surface area contributed by atoms with Crippen LogP contribution in [0.15, 0.2) is 40.3 Å². The molecule has 0 atom stereocenters. The zero-order chi connectivity index (χ0) is 8.39. The van der Waals surface area contributed by atoms with Gasteiger partial charge >= 0.3 is 0 Å². The van der Waals surface area contributed by atoms with Crippen molar-refractivity contribution >= 4 is 16.8 Å². The average molecular weight is 190 g/mol. The van der Waals surface area contributed by atoms with Crippen molar-refractivity contribution in [3.8, 4) is 5.19 Å². The first-order valence-electron chi connectivity index (χ1n) is 3.95. The molecule has 0 spiro atoms. The van der Waals surface area contributed by atoms with E-state index in [0.717, 1.165) is 0 Å². The zero-order valence-electron chi connectivity index (χ0n) is 6.95. The Morgan fingerprint density at radius 1 is 1.25 bits per heavy atom. The standard InChI is InChI=1S/C9H10OSi2/c1-8-2-4-9(5-3-8)12-7-6-10-11-12/h2-7,11H,1H3. The maximum Gasteiger partial charge on any atom is 0.203 e. The van der Waals surface area contributed by atoms with E-state index >= 15 is 0 Å². The Morgan fingerprint density at radius 3 is 2.58 bits per heavy atom. The molecule has 1 aromatic carbocycles. The number of hydrogen-bond donors (Lipinski definition) is 0. The zero-order valence-corrected chi connectivity index (χ0v) is 9.10. The summed E-state index contributed by atoms with van der Waals surface area (Å²) in [5.74, 6) is 0. The first kappa shape index (κ1) is 7.82. The molecule has 0 N–H and O–H groups in total. The maximum atomic E-state index is 5.29. The quantitative estimate of drug-likeness (QED) is 0.624. The normalized spacial score (nSPS) is 10.1. The Balaban J connectivity index is 2.43. The van der Waals surface area contributed by atoms with Gasteiger partial charge in [0.1, 0.15) is 0 Å². The van der Waals surface area contributed by atoms with Crippen LogP contribution < -0.4 is 0 Å². The topological polar surface area (TPSA) is 13.1 Å². The van der Waals surface area contributed by atoms with Gasteiger partial charge in [0.15, 0.2) is 0 Å². The molecule has 0 unspecified atom stereocenters. The largest absolute Gasteiger partial charge is 0.531 e. The molecule has 1 nitrogen and oxygen atoms in total. The minimum atomic E-state index is -0.426. The number of aryl methyl sites for hydroxylation is 1. The Hall–Kier alpha value is -0.806. The lowest BCUT2D eigenvalue weighted by molar-refractivity contribution is 0.674. The third kappa shape index (κ3) is 1.51. The van der Waals surface area contributed by atoms with E-state index < -0.39 is 7.90 Å². The molecule has 0 bridgehead atoms. The van der Waals surface area contributed by atoms with Crippen LogP contribution >= 0.6 is 0 Å². The Labute approximate surface area is 75.2 Å². The van der Waals surface area contributed by atoms with Crippen LogP contribution in [0.3, 0.4) is 0 Å². The third-order valence-corrected chi connectivity index (χ3v) is 6.70. The van der Waals surface area contributed by atoms with E-state index in [4.69, 9.17) is 4.10 Å². The summed E-state index contributed by atoms with van der Waals surface area (Å²) >= 11 is 0. The Bertz CT molecular complexity index is 351. The van der Waals surface area contributed by atoms with Gasteiger partial charge in [-0.15, -0.1) is 0 Å². The summed E-state index contributed by atoms with van der Waals surface area (Å²) in [7, 11) is -0.225. The van der Waals surface area contributed by atoms with Crippen LogP contribution in [0.1, 0.15) is 5.56 Å². The number of benzene rings is 1. The molecular weight excluding hydrogens is 180 g/mol. The van der Waals surface area contributed by atoms with Crippen molar-refractivity contribution in [1.82, 2.24) is 0 Å². The second kappa shape index (κ2) is 3.29. The fraction of sp³-hybridized carbons (Fsp3) is 0.111. The second-order valence-corrected chi connectivity index (χ2v) is 7.78. The summed E-state index contributed by atoms with van der Waals surface area (Å²) in [6.07, 6.45) is 1.86. The summed E-state index contributed by atoms with van der Waals surface area (Å²) in [5.41, 5.74) is 3.57. The minimum Gasteiger partial charge on any atom is -0.531 e. The monoisotopic (exact) mass is 190 g/mol. The van der Waals surface area contributed by atoms with Crippen LogP contribution in [0.5, 0.6) is 0 Å². The highest BCUT2D eigenvalue weighted by Gasteiger charge is 1.98. The van der Waals surface area contributed by atoms with Gasteiger partial charge in [0.05, 0.1) is 14.2 Å². The molecule has 2 aromatic rings. The van der Waals surface area contributed by atoms with Gasteiger partial charge in [-0.2, -0.15) is 0 Å². The molecule has 0 aliphatic rings. The van der Waals surface area contributed by atoms with E-state index in [2.05, 4.69) is 36.9 Å². The molecule has 0 fully saturated rings. The fourth-order valence-electron chi connectivity index (χ4n) is 1.17. The highest BCUT2D eigenvalue weighted by molar-refractivity contribution is 6.95. The van der Waals surface area contributed by atoms with Crippen molar-refractivity contribution in [3.63, 3.8) is 0 Å². The predicted octanol–water partition coefficient (Wildman–Crippen LogP) is 1.67. The van der Waals surface area contributed by atoms with Gasteiger partial charge in [-0.1, -0.05) is 29.8 Å². The fourth-order valence-corrected chi connectivity index (χ4v) is 4.95. The molecule has 1 heterocycles. The molecule has 3 heteroatoms. The van der Waals surface area contributed by atoms with Crippen LogP contribution in [0.4, 0.5) is 0 Å². The van der Waals surface area contributed by atoms with Crippen molar-refractivity contribution in [3.05, 3.63) is 41.8 Å². The minimum absolute atomic E-state index is 0.201. The lowest BCUT2D eigenvalue weighted by atomic mass is 10.2. The lowest BCUT2D eigenvalue weighted by Gasteiger charge is -1.95.